The minimum Gasteiger partial charge on any atom is -0.310 e. The fourth-order valence-corrected chi connectivity index (χ4v) is 3.46. The van der Waals surface area contributed by atoms with Crippen molar-refractivity contribution in [3.8, 4) is 0 Å². The average molecular weight is 272 g/mol. The molecule has 1 amide bonds. The molecule has 1 N–H and O–H groups in total. The van der Waals surface area contributed by atoms with Gasteiger partial charge in [0.1, 0.15) is 11.6 Å². The molecular formula is C16H20N2O2. The molecule has 2 aliphatic carbocycles. The second-order valence-corrected chi connectivity index (χ2v) is 6.11. The number of carbonyl (C=O) groups excluding carboxylic acids is 2. The number of pyridine rings is 1. The zero-order valence-electron chi connectivity index (χ0n) is 11.8. The average Bonchev–Trinajstić information content (AvgIpc) is 2.41. The summed E-state index contributed by atoms with van der Waals surface area (Å²) in [5.74, 6) is 1.21. The van der Waals surface area contributed by atoms with Gasteiger partial charge in [0, 0.05) is 24.0 Å². The Labute approximate surface area is 119 Å². The van der Waals surface area contributed by atoms with Gasteiger partial charge < -0.3 is 5.32 Å². The monoisotopic (exact) mass is 272 g/mol. The fraction of sp³-hybridized carbons (Fsp3) is 0.562. The lowest BCUT2D eigenvalue weighted by Gasteiger charge is -2.36. The summed E-state index contributed by atoms with van der Waals surface area (Å²) >= 11 is 0. The summed E-state index contributed by atoms with van der Waals surface area (Å²) in [7, 11) is 0. The molecule has 1 heterocycles. The third kappa shape index (κ3) is 2.60. The highest BCUT2D eigenvalue weighted by Crippen LogP contribution is 2.40. The lowest BCUT2D eigenvalue weighted by atomic mass is 9.67. The third-order valence-corrected chi connectivity index (χ3v) is 4.58. The number of nitrogens with one attached hydrogen (secondary N) is 1. The summed E-state index contributed by atoms with van der Waals surface area (Å²) in [5, 5.41) is 2.88. The Morgan fingerprint density at radius 1 is 1.25 bits per heavy atom. The Bertz CT molecular complexity index is 508. The highest BCUT2D eigenvalue weighted by Gasteiger charge is 2.41. The van der Waals surface area contributed by atoms with Gasteiger partial charge in [-0.3, -0.25) is 9.59 Å². The Morgan fingerprint density at radius 2 is 1.95 bits per heavy atom. The lowest BCUT2D eigenvalue weighted by molar-refractivity contribution is -0.136. The van der Waals surface area contributed by atoms with Crippen LogP contribution in [0.25, 0.3) is 0 Å². The topological polar surface area (TPSA) is 59.1 Å². The maximum Gasteiger partial charge on any atom is 0.228 e. The molecule has 2 fully saturated rings. The first-order chi connectivity index (χ1) is 9.63. The van der Waals surface area contributed by atoms with Crippen LogP contribution in [0, 0.1) is 24.7 Å². The summed E-state index contributed by atoms with van der Waals surface area (Å²) in [5.41, 5.74) is 1.07. The molecule has 1 aromatic rings. The first-order valence-electron chi connectivity index (χ1n) is 7.40. The van der Waals surface area contributed by atoms with Gasteiger partial charge in [0.15, 0.2) is 0 Å². The summed E-state index contributed by atoms with van der Waals surface area (Å²) in [6, 6.07) is 3.75. The Balaban J connectivity index is 1.66. The van der Waals surface area contributed by atoms with Gasteiger partial charge in [0.25, 0.3) is 0 Å². The molecule has 0 saturated heterocycles. The van der Waals surface area contributed by atoms with Crippen LogP contribution < -0.4 is 5.32 Å². The summed E-state index contributed by atoms with van der Waals surface area (Å²) in [6.07, 6.45) is 6.23. The van der Waals surface area contributed by atoms with Crippen LogP contribution in [0.3, 0.4) is 0 Å². The largest absolute Gasteiger partial charge is 0.310 e. The van der Waals surface area contributed by atoms with E-state index in [1.54, 1.807) is 6.20 Å². The van der Waals surface area contributed by atoms with Crippen molar-refractivity contribution in [3.05, 3.63) is 23.9 Å². The molecule has 0 aliphatic heterocycles. The Kier molecular flexibility index (Phi) is 3.55. The second-order valence-electron chi connectivity index (χ2n) is 6.11. The normalized spacial score (nSPS) is 29.1. The van der Waals surface area contributed by atoms with Gasteiger partial charge in [-0.1, -0.05) is 12.5 Å². The van der Waals surface area contributed by atoms with Crippen molar-refractivity contribution in [3.63, 3.8) is 0 Å². The van der Waals surface area contributed by atoms with Gasteiger partial charge in [-0.25, -0.2) is 4.98 Å². The number of hydrogen-bond acceptors (Lipinski definition) is 3. The smallest absolute Gasteiger partial charge is 0.228 e. The van der Waals surface area contributed by atoms with E-state index in [1.807, 2.05) is 19.1 Å². The molecule has 106 valence electrons. The predicted molar refractivity (Wildman–Crippen MR) is 76.2 cm³/mol. The van der Waals surface area contributed by atoms with E-state index in [2.05, 4.69) is 10.3 Å². The number of rotatable bonds is 2. The Morgan fingerprint density at radius 3 is 2.55 bits per heavy atom. The second kappa shape index (κ2) is 5.35. The number of nitrogens with zero attached hydrogens (tertiary/aromatic N) is 1. The van der Waals surface area contributed by atoms with Crippen LogP contribution in [0.5, 0.6) is 0 Å². The molecule has 1 aromatic heterocycles. The van der Waals surface area contributed by atoms with Crippen LogP contribution >= 0.6 is 0 Å². The van der Waals surface area contributed by atoms with Crippen LogP contribution in [0.15, 0.2) is 18.3 Å². The lowest BCUT2D eigenvalue weighted by Crippen LogP contribution is -2.40. The van der Waals surface area contributed by atoms with Crippen molar-refractivity contribution in [2.75, 3.05) is 5.32 Å². The van der Waals surface area contributed by atoms with Crippen LogP contribution in [0.1, 0.15) is 37.7 Å². The van der Waals surface area contributed by atoms with Gasteiger partial charge >= 0.3 is 0 Å². The van der Waals surface area contributed by atoms with Crippen LogP contribution in [-0.2, 0) is 9.59 Å². The molecule has 2 atom stereocenters. The molecule has 0 radical (unpaired) electrons. The number of carbonyl (C=O) groups is 2. The molecule has 2 saturated carbocycles. The number of aromatic nitrogens is 1. The number of Topliss-reactive ketones (excluding diaryl/α,β-unsaturated/α-hetero) is 1. The molecule has 2 aliphatic rings. The summed E-state index contributed by atoms with van der Waals surface area (Å²) < 4.78 is 0. The zero-order valence-corrected chi connectivity index (χ0v) is 11.8. The van der Waals surface area contributed by atoms with Gasteiger partial charge in [-0.15, -0.1) is 0 Å². The van der Waals surface area contributed by atoms with Crippen molar-refractivity contribution < 1.29 is 9.59 Å². The van der Waals surface area contributed by atoms with E-state index in [0.717, 1.165) is 24.8 Å². The maximum atomic E-state index is 12.3. The quantitative estimate of drug-likeness (QED) is 0.900. The van der Waals surface area contributed by atoms with Crippen LogP contribution in [-0.4, -0.2) is 16.7 Å². The van der Waals surface area contributed by atoms with Crippen LogP contribution in [0.4, 0.5) is 5.82 Å². The Hall–Kier alpha value is -1.71. The highest BCUT2D eigenvalue weighted by molar-refractivity contribution is 5.94. The summed E-state index contributed by atoms with van der Waals surface area (Å²) in [6.45, 7) is 1.96. The number of aryl methyl sites for hydroxylation is 1. The molecular weight excluding hydrogens is 252 g/mol. The number of fused-ring (bicyclic) bond motifs is 2. The molecule has 0 aromatic carbocycles. The van der Waals surface area contributed by atoms with E-state index >= 15 is 0 Å². The number of hydrogen-bond donors (Lipinski definition) is 1. The van der Waals surface area contributed by atoms with Gasteiger partial charge in [-0.05, 0) is 44.2 Å². The minimum atomic E-state index is -0.0360. The van der Waals surface area contributed by atoms with E-state index in [4.69, 9.17) is 0 Å². The van der Waals surface area contributed by atoms with E-state index < -0.39 is 0 Å². The zero-order chi connectivity index (χ0) is 14.1. The van der Waals surface area contributed by atoms with Crippen molar-refractivity contribution in [2.45, 2.75) is 39.0 Å². The fourth-order valence-electron chi connectivity index (χ4n) is 3.46. The molecule has 0 spiro atoms. The first-order valence-corrected chi connectivity index (χ1v) is 7.40. The number of anilines is 1. The van der Waals surface area contributed by atoms with Crippen molar-refractivity contribution >= 4 is 17.5 Å². The standard InChI is InChI=1S/C16H20N2O2/c1-10-5-6-14(17-9-10)18-16(20)13-7-11-3-2-4-12(8-13)15(11)19/h5-6,9,11-13H,2-4,7-8H2,1H3,(H,17,18,20). The maximum absolute atomic E-state index is 12.3. The predicted octanol–water partition coefficient (Wildman–Crippen LogP) is 2.72. The van der Waals surface area contributed by atoms with Gasteiger partial charge in [0.05, 0.1) is 0 Å². The number of ketones is 1. The molecule has 2 unspecified atom stereocenters. The molecule has 3 rings (SSSR count). The van der Waals surface area contributed by atoms with Crippen molar-refractivity contribution in [1.82, 2.24) is 4.98 Å². The summed E-state index contributed by atoms with van der Waals surface area (Å²) in [4.78, 5) is 28.6. The highest BCUT2D eigenvalue weighted by atomic mass is 16.2. The number of amides is 1. The molecule has 2 bridgehead atoms. The van der Waals surface area contributed by atoms with E-state index in [1.165, 1.54) is 0 Å². The SMILES string of the molecule is Cc1ccc(NC(=O)C2CC3CCCC(C2)C3=O)nc1. The van der Waals surface area contributed by atoms with E-state index in [9.17, 15) is 9.59 Å². The molecule has 4 nitrogen and oxygen atoms in total. The van der Waals surface area contributed by atoms with Gasteiger partial charge in [0.2, 0.25) is 5.91 Å². The van der Waals surface area contributed by atoms with Crippen molar-refractivity contribution in [2.24, 2.45) is 17.8 Å². The van der Waals surface area contributed by atoms with E-state index in [0.29, 0.717) is 24.4 Å². The van der Waals surface area contributed by atoms with Crippen LogP contribution in [0.2, 0.25) is 0 Å². The third-order valence-electron chi connectivity index (χ3n) is 4.58. The van der Waals surface area contributed by atoms with Crippen molar-refractivity contribution in [1.29, 1.82) is 0 Å². The van der Waals surface area contributed by atoms with Gasteiger partial charge in [-0.2, -0.15) is 0 Å². The van der Waals surface area contributed by atoms with E-state index in [-0.39, 0.29) is 23.7 Å². The first kappa shape index (κ1) is 13.3. The minimum absolute atomic E-state index is 0.0192. The molecule has 4 heteroatoms. The molecule has 20 heavy (non-hydrogen) atoms.